The lowest BCUT2D eigenvalue weighted by atomic mass is 9.96. The second kappa shape index (κ2) is 18.3. The van der Waals surface area contributed by atoms with Gasteiger partial charge in [-0.2, -0.15) is 0 Å². The van der Waals surface area contributed by atoms with Crippen molar-refractivity contribution in [2.45, 2.75) is 59.1 Å². The predicted octanol–water partition coefficient (Wildman–Crippen LogP) is 4.52. The van der Waals surface area contributed by atoms with Crippen LogP contribution in [0.5, 0.6) is 0 Å². The Morgan fingerprint density at radius 3 is 2.31 bits per heavy atom. The van der Waals surface area contributed by atoms with Crippen molar-refractivity contribution >= 4 is 17.8 Å². The third kappa shape index (κ3) is 11.2. The minimum Gasteiger partial charge on any atom is -0.459 e. The van der Waals surface area contributed by atoms with Gasteiger partial charge in [-0.15, -0.1) is 0 Å². The number of ketones is 1. The summed E-state index contributed by atoms with van der Waals surface area (Å²) in [5.74, 6) is -0.523. The van der Waals surface area contributed by atoms with Crippen molar-refractivity contribution < 1.29 is 28.6 Å². The summed E-state index contributed by atoms with van der Waals surface area (Å²) >= 11 is 0. The fraction of sp³-hybridized carbons (Fsp3) is 0.536. The number of rotatable bonds is 17. The van der Waals surface area contributed by atoms with Crippen molar-refractivity contribution in [3.63, 3.8) is 0 Å². The van der Waals surface area contributed by atoms with Gasteiger partial charge in [-0.3, -0.25) is 4.79 Å². The average Bonchev–Trinajstić information content (AvgIpc) is 2.88. The number of Topliss-reactive ketones (excluding diaryl/α,β-unsaturated/α-hetero) is 1. The van der Waals surface area contributed by atoms with E-state index in [2.05, 4.69) is 10.6 Å². The van der Waals surface area contributed by atoms with Crippen LogP contribution >= 0.6 is 0 Å². The van der Waals surface area contributed by atoms with Gasteiger partial charge in [0.25, 0.3) is 0 Å². The van der Waals surface area contributed by atoms with E-state index in [1.54, 1.807) is 30.3 Å². The van der Waals surface area contributed by atoms with Crippen LogP contribution in [-0.2, 0) is 23.8 Å². The summed E-state index contributed by atoms with van der Waals surface area (Å²) in [5, 5.41) is 5.77. The second-order valence-corrected chi connectivity index (χ2v) is 8.29. The Balaban J connectivity index is 2.96. The molecule has 1 aromatic rings. The number of carbonyl (C=O) groups is 3. The van der Waals surface area contributed by atoms with E-state index in [4.69, 9.17) is 14.2 Å². The highest BCUT2D eigenvalue weighted by atomic mass is 16.6. The number of amides is 1. The van der Waals surface area contributed by atoms with Crippen LogP contribution in [0.25, 0.3) is 0 Å². The highest BCUT2D eigenvalue weighted by Crippen LogP contribution is 2.21. The van der Waals surface area contributed by atoms with Gasteiger partial charge < -0.3 is 24.8 Å². The molecule has 0 aliphatic rings. The predicted molar refractivity (Wildman–Crippen MR) is 141 cm³/mol. The van der Waals surface area contributed by atoms with Crippen molar-refractivity contribution in [2.24, 2.45) is 5.92 Å². The molecule has 1 aromatic carbocycles. The number of esters is 1. The van der Waals surface area contributed by atoms with Gasteiger partial charge >= 0.3 is 12.1 Å². The van der Waals surface area contributed by atoms with Crippen molar-refractivity contribution in [1.29, 1.82) is 0 Å². The Labute approximate surface area is 215 Å². The van der Waals surface area contributed by atoms with Crippen molar-refractivity contribution in [1.82, 2.24) is 10.6 Å². The lowest BCUT2D eigenvalue weighted by Gasteiger charge is -2.28. The Morgan fingerprint density at radius 1 is 1.03 bits per heavy atom. The van der Waals surface area contributed by atoms with Crippen LogP contribution in [0.1, 0.15) is 58.6 Å². The van der Waals surface area contributed by atoms with Crippen LogP contribution in [0.3, 0.4) is 0 Å². The fourth-order valence-electron chi connectivity index (χ4n) is 3.74. The fourth-order valence-corrected chi connectivity index (χ4v) is 3.74. The molecule has 0 aliphatic carbocycles. The summed E-state index contributed by atoms with van der Waals surface area (Å²) in [5.41, 5.74) is 1.24. The van der Waals surface area contributed by atoms with Crippen LogP contribution in [0.4, 0.5) is 4.79 Å². The third-order valence-corrected chi connectivity index (χ3v) is 5.72. The molecule has 0 aromatic heterocycles. The van der Waals surface area contributed by atoms with Crippen LogP contribution < -0.4 is 10.6 Å². The van der Waals surface area contributed by atoms with E-state index in [1.165, 1.54) is 7.11 Å². The Hall–Kier alpha value is -2.97. The van der Waals surface area contributed by atoms with Crippen molar-refractivity contribution in [3.05, 3.63) is 59.7 Å². The number of benzene rings is 1. The molecular formula is C28H42N2O6. The highest BCUT2D eigenvalue weighted by molar-refractivity contribution is 5.99. The maximum Gasteiger partial charge on any atom is 0.408 e. The van der Waals surface area contributed by atoms with Crippen LogP contribution in [0, 0.1) is 5.92 Å². The van der Waals surface area contributed by atoms with E-state index in [9.17, 15) is 14.4 Å². The number of carbonyl (C=O) groups excluding carboxylic acids is 3. The van der Waals surface area contributed by atoms with Gasteiger partial charge in [0, 0.05) is 19.2 Å². The van der Waals surface area contributed by atoms with Gasteiger partial charge in [0.1, 0.15) is 12.7 Å². The van der Waals surface area contributed by atoms with Crippen LogP contribution in [0.2, 0.25) is 0 Å². The zero-order valence-corrected chi connectivity index (χ0v) is 22.3. The first-order chi connectivity index (χ1) is 17.4. The Kier molecular flexibility index (Phi) is 15.8. The summed E-state index contributed by atoms with van der Waals surface area (Å²) < 4.78 is 15.9. The number of hydrogen-bond donors (Lipinski definition) is 2. The smallest absolute Gasteiger partial charge is 0.408 e. The topological polar surface area (TPSA) is 103 Å². The molecule has 0 saturated carbocycles. The summed E-state index contributed by atoms with van der Waals surface area (Å²) in [6.07, 6.45) is 6.68. The first-order valence-corrected chi connectivity index (χ1v) is 12.7. The molecule has 0 aliphatic heterocycles. The van der Waals surface area contributed by atoms with E-state index < -0.39 is 24.2 Å². The van der Waals surface area contributed by atoms with E-state index in [-0.39, 0.29) is 31.5 Å². The van der Waals surface area contributed by atoms with E-state index in [0.29, 0.717) is 17.7 Å². The zero-order valence-electron chi connectivity index (χ0n) is 22.3. The SMILES string of the molecule is C/C=C\C(=C/CC)C(=O)CNC[C@H](OC(=O)C(NC(=O)OCCOC)c1ccccc1)C(CC)CC. The summed E-state index contributed by atoms with van der Waals surface area (Å²) in [7, 11) is 1.51. The Morgan fingerprint density at radius 2 is 1.72 bits per heavy atom. The maximum atomic E-state index is 13.3. The quantitative estimate of drug-likeness (QED) is 0.140. The second-order valence-electron chi connectivity index (χ2n) is 8.29. The normalized spacial score (nSPS) is 13.4. The molecule has 2 N–H and O–H groups in total. The van der Waals surface area contributed by atoms with Gasteiger partial charge in [-0.1, -0.05) is 69.3 Å². The molecular weight excluding hydrogens is 460 g/mol. The van der Waals surface area contributed by atoms with Crippen LogP contribution in [-0.4, -0.2) is 57.4 Å². The third-order valence-electron chi connectivity index (χ3n) is 5.72. The molecule has 200 valence electrons. The molecule has 0 bridgehead atoms. The number of ether oxygens (including phenoxy) is 3. The van der Waals surface area contributed by atoms with E-state index >= 15 is 0 Å². The zero-order chi connectivity index (χ0) is 26.8. The van der Waals surface area contributed by atoms with Gasteiger partial charge in [0.15, 0.2) is 11.8 Å². The van der Waals surface area contributed by atoms with Crippen molar-refractivity contribution in [2.75, 3.05) is 33.4 Å². The molecule has 0 saturated heterocycles. The standard InChI is InChI=1S/C28H42N2O6/c1-6-13-22(14-7-2)24(31)19-29-20-25(21(8-3)9-4)36-27(32)26(23-15-11-10-12-16-23)30-28(33)35-18-17-34-5/h6,10-16,21,25-26,29H,7-9,17-20H2,1-5H3,(H,30,33)/b13-6-,22-14+/t25-,26?/m0/s1. The van der Waals surface area contributed by atoms with Gasteiger partial charge in [-0.05, 0) is 37.7 Å². The monoisotopic (exact) mass is 502 g/mol. The van der Waals surface area contributed by atoms with Gasteiger partial charge in [0.05, 0.1) is 13.2 Å². The molecule has 36 heavy (non-hydrogen) atoms. The molecule has 8 nitrogen and oxygen atoms in total. The van der Waals surface area contributed by atoms with E-state index in [0.717, 1.165) is 19.3 Å². The minimum atomic E-state index is -1.03. The molecule has 1 unspecified atom stereocenters. The molecule has 0 radical (unpaired) electrons. The molecule has 0 spiro atoms. The molecule has 8 heteroatoms. The largest absolute Gasteiger partial charge is 0.459 e. The maximum absolute atomic E-state index is 13.3. The summed E-state index contributed by atoms with van der Waals surface area (Å²) in [6, 6.07) is 7.84. The van der Waals surface area contributed by atoms with Gasteiger partial charge in [0.2, 0.25) is 0 Å². The lowest BCUT2D eigenvalue weighted by Crippen LogP contribution is -2.42. The highest BCUT2D eigenvalue weighted by Gasteiger charge is 2.30. The molecule has 1 amide bonds. The van der Waals surface area contributed by atoms with Crippen LogP contribution in [0.15, 0.2) is 54.1 Å². The number of nitrogens with one attached hydrogen (secondary N) is 2. The lowest BCUT2D eigenvalue weighted by molar-refractivity contribution is -0.154. The first-order valence-electron chi connectivity index (χ1n) is 12.7. The number of methoxy groups -OCH3 is 1. The van der Waals surface area contributed by atoms with Gasteiger partial charge in [-0.25, -0.2) is 9.59 Å². The molecule has 2 atom stereocenters. The summed E-state index contributed by atoms with van der Waals surface area (Å²) in [6.45, 7) is 8.69. The summed E-state index contributed by atoms with van der Waals surface area (Å²) in [4.78, 5) is 38.2. The molecule has 0 heterocycles. The number of allylic oxidation sites excluding steroid dienone is 3. The van der Waals surface area contributed by atoms with Crippen molar-refractivity contribution in [3.8, 4) is 0 Å². The Bertz CT molecular complexity index is 849. The van der Waals surface area contributed by atoms with E-state index in [1.807, 2.05) is 45.9 Å². The number of hydrogen-bond acceptors (Lipinski definition) is 7. The minimum absolute atomic E-state index is 0.0211. The first kappa shape index (κ1) is 31.1. The molecule has 0 fully saturated rings. The molecule has 1 rings (SSSR count). The number of alkyl carbamates (subject to hydrolysis) is 1. The average molecular weight is 503 g/mol.